The summed E-state index contributed by atoms with van der Waals surface area (Å²) in [5.41, 5.74) is 2.35. The summed E-state index contributed by atoms with van der Waals surface area (Å²) in [5.74, 6) is -0.318. The van der Waals surface area contributed by atoms with Gasteiger partial charge in [-0.25, -0.2) is 14.8 Å². The van der Waals surface area contributed by atoms with E-state index in [9.17, 15) is 9.59 Å². The Balaban J connectivity index is 1.69. The van der Waals surface area contributed by atoms with Crippen LogP contribution >= 0.6 is 0 Å². The molecule has 3 aromatic rings. The zero-order chi connectivity index (χ0) is 20.6. The van der Waals surface area contributed by atoms with Crippen molar-refractivity contribution >= 4 is 23.5 Å². The van der Waals surface area contributed by atoms with Crippen molar-refractivity contribution in [2.75, 3.05) is 19.0 Å². The average molecular weight is 390 g/mol. The lowest BCUT2D eigenvalue weighted by Crippen LogP contribution is -2.26. The van der Waals surface area contributed by atoms with Crippen molar-refractivity contribution in [2.45, 2.75) is 13.5 Å². The Labute approximate surface area is 169 Å². The lowest BCUT2D eigenvalue weighted by Gasteiger charge is -2.17. The maximum Gasteiger partial charge on any atom is 0.340 e. The van der Waals surface area contributed by atoms with Crippen molar-refractivity contribution in [3.63, 3.8) is 0 Å². The first-order valence-corrected chi connectivity index (χ1v) is 9.23. The standard InChI is InChI=1S/C22H22N4O3/c1-3-29-21(28)18-11-7-8-12-19(18)25-22-23-13-17(14-24-22)20(27)26(2)15-16-9-5-4-6-10-16/h4-14H,3,15H2,1-2H3,(H,23,24,25). The smallest absolute Gasteiger partial charge is 0.340 e. The Bertz CT molecular complexity index is 975. The molecule has 148 valence electrons. The molecule has 2 aromatic carbocycles. The second-order valence-corrected chi connectivity index (χ2v) is 6.33. The number of amides is 1. The Morgan fingerprint density at radius 2 is 1.66 bits per heavy atom. The summed E-state index contributed by atoms with van der Waals surface area (Å²) >= 11 is 0. The number of para-hydroxylation sites is 1. The molecule has 0 radical (unpaired) electrons. The summed E-state index contributed by atoms with van der Waals surface area (Å²) in [6, 6.07) is 16.7. The molecule has 0 unspecified atom stereocenters. The number of anilines is 2. The fraction of sp³-hybridized carbons (Fsp3) is 0.182. The van der Waals surface area contributed by atoms with Crippen LogP contribution < -0.4 is 5.32 Å². The molecule has 0 fully saturated rings. The van der Waals surface area contributed by atoms with Gasteiger partial charge < -0.3 is 15.0 Å². The van der Waals surface area contributed by atoms with E-state index < -0.39 is 5.97 Å². The van der Waals surface area contributed by atoms with E-state index in [0.29, 0.717) is 23.4 Å². The molecule has 0 aliphatic carbocycles. The number of hydrogen-bond donors (Lipinski definition) is 1. The van der Waals surface area contributed by atoms with E-state index in [-0.39, 0.29) is 18.5 Å². The Morgan fingerprint density at radius 1 is 1.00 bits per heavy atom. The van der Waals surface area contributed by atoms with Gasteiger partial charge in [0.25, 0.3) is 5.91 Å². The van der Waals surface area contributed by atoms with Crippen LogP contribution in [0.5, 0.6) is 0 Å². The molecule has 7 nitrogen and oxygen atoms in total. The third kappa shape index (κ3) is 5.16. The van der Waals surface area contributed by atoms with Crippen LogP contribution in [0.15, 0.2) is 67.0 Å². The maximum absolute atomic E-state index is 12.6. The van der Waals surface area contributed by atoms with Crippen LogP contribution in [-0.4, -0.2) is 40.4 Å². The van der Waals surface area contributed by atoms with Gasteiger partial charge in [0.1, 0.15) is 0 Å². The molecule has 0 atom stereocenters. The first-order chi connectivity index (χ1) is 14.1. The lowest BCUT2D eigenvalue weighted by molar-refractivity contribution is 0.0527. The van der Waals surface area contributed by atoms with E-state index in [0.717, 1.165) is 5.56 Å². The Hall–Kier alpha value is -3.74. The number of esters is 1. The molecular weight excluding hydrogens is 368 g/mol. The van der Waals surface area contributed by atoms with Gasteiger partial charge in [-0.3, -0.25) is 4.79 Å². The topological polar surface area (TPSA) is 84.4 Å². The minimum atomic E-state index is -0.426. The van der Waals surface area contributed by atoms with Gasteiger partial charge in [-0.2, -0.15) is 0 Å². The highest BCUT2D eigenvalue weighted by Crippen LogP contribution is 2.19. The number of carbonyl (C=O) groups excluding carboxylic acids is 2. The van der Waals surface area contributed by atoms with Crippen LogP contribution in [0.3, 0.4) is 0 Å². The van der Waals surface area contributed by atoms with Gasteiger partial charge in [-0.05, 0) is 24.6 Å². The second kappa shape index (κ2) is 9.45. The maximum atomic E-state index is 12.6. The highest BCUT2D eigenvalue weighted by molar-refractivity contribution is 5.96. The molecule has 0 aliphatic heterocycles. The number of nitrogens with zero attached hydrogens (tertiary/aromatic N) is 3. The first kappa shape index (κ1) is 20.0. The second-order valence-electron chi connectivity index (χ2n) is 6.33. The third-order valence-corrected chi connectivity index (χ3v) is 4.18. The van der Waals surface area contributed by atoms with E-state index in [2.05, 4.69) is 15.3 Å². The number of benzene rings is 2. The third-order valence-electron chi connectivity index (χ3n) is 4.18. The molecule has 1 aromatic heterocycles. The van der Waals surface area contributed by atoms with Crippen molar-refractivity contribution in [2.24, 2.45) is 0 Å². The Kier molecular flexibility index (Phi) is 6.52. The molecule has 3 rings (SSSR count). The van der Waals surface area contributed by atoms with Crippen LogP contribution in [0, 0.1) is 0 Å². The first-order valence-electron chi connectivity index (χ1n) is 9.23. The molecule has 1 N–H and O–H groups in total. The van der Waals surface area contributed by atoms with Gasteiger partial charge in [-0.1, -0.05) is 42.5 Å². The van der Waals surface area contributed by atoms with Crippen molar-refractivity contribution in [3.8, 4) is 0 Å². The number of ether oxygens (including phenoxy) is 1. The van der Waals surface area contributed by atoms with Crippen LogP contribution in [0.2, 0.25) is 0 Å². The van der Waals surface area contributed by atoms with Crippen LogP contribution in [0.4, 0.5) is 11.6 Å². The zero-order valence-electron chi connectivity index (χ0n) is 16.3. The summed E-state index contributed by atoms with van der Waals surface area (Å²) in [5, 5.41) is 3.00. The number of carbonyl (C=O) groups is 2. The lowest BCUT2D eigenvalue weighted by atomic mass is 10.2. The quantitative estimate of drug-likeness (QED) is 0.620. The number of hydrogen-bond acceptors (Lipinski definition) is 6. The van der Waals surface area contributed by atoms with E-state index in [4.69, 9.17) is 4.74 Å². The van der Waals surface area contributed by atoms with Crippen molar-refractivity contribution < 1.29 is 14.3 Å². The van der Waals surface area contributed by atoms with E-state index in [1.54, 1.807) is 43.1 Å². The molecule has 7 heteroatoms. The van der Waals surface area contributed by atoms with Gasteiger partial charge in [0.15, 0.2) is 0 Å². The number of nitrogens with one attached hydrogen (secondary N) is 1. The molecule has 0 spiro atoms. The predicted molar refractivity (Wildman–Crippen MR) is 110 cm³/mol. The highest BCUT2D eigenvalue weighted by Gasteiger charge is 2.15. The van der Waals surface area contributed by atoms with Gasteiger partial charge >= 0.3 is 5.97 Å². The molecule has 0 saturated heterocycles. The normalized spacial score (nSPS) is 10.3. The predicted octanol–water partition coefficient (Wildman–Crippen LogP) is 3.67. The minimum absolute atomic E-state index is 0.174. The monoisotopic (exact) mass is 390 g/mol. The van der Waals surface area contributed by atoms with E-state index in [1.807, 2.05) is 30.3 Å². The summed E-state index contributed by atoms with van der Waals surface area (Å²) in [6.45, 7) is 2.53. The SMILES string of the molecule is CCOC(=O)c1ccccc1Nc1ncc(C(=O)N(C)Cc2ccccc2)cn1. The van der Waals surface area contributed by atoms with Crippen molar-refractivity contribution in [1.29, 1.82) is 0 Å². The summed E-state index contributed by atoms with van der Waals surface area (Å²) in [4.78, 5) is 34.7. The molecule has 0 aliphatic rings. The fourth-order valence-corrected chi connectivity index (χ4v) is 2.75. The number of aromatic nitrogens is 2. The van der Waals surface area contributed by atoms with E-state index >= 15 is 0 Å². The summed E-state index contributed by atoms with van der Waals surface area (Å²) < 4.78 is 5.06. The molecule has 29 heavy (non-hydrogen) atoms. The van der Waals surface area contributed by atoms with Crippen LogP contribution in [0.1, 0.15) is 33.2 Å². The summed E-state index contributed by atoms with van der Waals surface area (Å²) in [6.07, 6.45) is 2.93. The molecule has 0 saturated carbocycles. The molecular formula is C22H22N4O3. The molecule has 1 amide bonds. The molecule has 1 heterocycles. The Morgan fingerprint density at radius 3 is 2.34 bits per heavy atom. The highest BCUT2D eigenvalue weighted by atomic mass is 16.5. The zero-order valence-corrected chi connectivity index (χ0v) is 16.3. The van der Waals surface area contributed by atoms with Crippen molar-refractivity contribution in [3.05, 3.63) is 83.7 Å². The van der Waals surface area contributed by atoms with Gasteiger partial charge in [0.2, 0.25) is 5.95 Å². The largest absolute Gasteiger partial charge is 0.462 e. The average Bonchev–Trinajstić information content (AvgIpc) is 2.75. The van der Waals surface area contributed by atoms with Gasteiger partial charge in [0, 0.05) is 26.0 Å². The number of rotatable bonds is 7. The van der Waals surface area contributed by atoms with Gasteiger partial charge in [-0.15, -0.1) is 0 Å². The van der Waals surface area contributed by atoms with Crippen LogP contribution in [0.25, 0.3) is 0 Å². The minimum Gasteiger partial charge on any atom is -0.462 e. The summed E-state index contributed by atoms with van der Waals surface area (Å²) in [7, 11) is 1.73. The van der Waals surface area contributed by atoms with Gasteiger partial charge in [0.05, 0.1) is 23.4 Å². The fourth-order valence-electron chi connectivity index (χ4n) is 2.75. The van der Waals surface area contributed by atoms with Crippen molar-refractivity contribution in [1.82, 2.24) is 14.9 Å². The van der Waals surface area contributed by atoms with Crippen LogP contribution in [-0.2, 0) is 11.3 Å². The molecule has 0 bridgehead atoms. The van der Waals surface area contributed by atoms with E-state index in [1.165, 1.54) is 12.4 Å².